The van der Waals surface area contributed by atoms with Crippen molar-refractivity contribution in [3.63, 3.8) is 0 Å². The molecule has 0 bridgehead atoms. The molecule has 0 aliphatic carbocycles. The summed E-state index contributed by atoms with van der Waals surface area (Å²) in [4.78, 5) is 17.9. The van der Waals surface area contributed by atoms with Gasteiger partial charge in [-0.3, -0.25) is 4.98 Å². The van der Waals surface area contributed by atoms with E-state index in [0.717, 1.165) is 17.8 Å². The summed E-state index contributed by atoms with van der Waals surface area (Å²) in [5.74, 6) is 0.642. The van der Waals surface area contributed by atoms with E-state index >= 15 is 0 Å². The number of aromatic nitrogens is 1. The number of hydrazine groups is 1. The molecule has 1 aromatic heterocycles. The molecular weight excluding hydrogens is 304 g/mol. The molecule has 2 aromatic rings. The fourth-order valence-electron chi connectivity index (χ4n) is 2.82. The number of hydrogen-bond acceptors (Lipinski definition) is 5. The second kappa shape index (κ2) is 7.31. The maximum atomic E-state index is 12.2. The van der Waals surface area contributed by atoms with Gasteiger partial charge in [0.15, 0.2) is 0 Å². The Kier molecular flexibility index (Phi) is 4.96. The molecule has 6 heteroatoms. The number of anilines is 1. The van der Waals surface area contributed by atoms with Gasteiger partial charge in [-0.1, -0.05) is 12.1 Å². The third kappa shape index (κ3) is 3.49. The Hall–Kier alpha value is -2.60. The van der Waals surface area contributed by atoms with Crippen molar-refractivity contribution in [1.29, 1.82) is 0 Å². The molecule has 0 saturated heterocycles. The Labute approximate surface area is 142 Å². The highest BCUT2D eigenvalue weighted by molar-refractivity contribution is 5.71. The quantitative estimate of drug-likeness (QED) is 0.914. The van der Waals surface area contributed by atoms with Crippen molar-refractivity contribution < 1.29 is 9.53 Å². The first-order chi connectivity index (χ1) is 11.7. The molecule has 1 aliphatic rings. The van der Waals surface area contributed by atoms with Crippen LogP contribution in [-0.4, -0.2) is 34.1 Å². The van der Waals surface area contributed by atoms with Crippen LogP contribution in [0.1, 0.15) is 25.0 Å². The van der Waals surface area contributed by atoms with Crippen molar-refractivity contribution in [3.8, 4) is 5.75 Å². The predicted molar refractivity (Wildman–Crippen MR) is 92.5 cm³/mol. The molecule has 2 heterocycles. The summed E-state index contributed by atoms with van der Waals surface area (Å²) in [6, 6.07) is 9.70. The molecule has 24 heavy (non-hydrogen) atoms. The lowest BCUT2D eigenvalue weighted by molar-refractivity contribution is 0.156. The van der Waals surface area contributed by atoms with E-state index in [-0.39, 0.29) is 6.09 Å². The summed E-state index contributed by atoms with van der Waals surface area (Å²) in [7, 11) is 0. The molecule has 1 aliphatic heterocycles. The minimum Gasteiger partial charge on any atom is -0.410 e. The Morgan fingerprint density at radius 1 is 1.21 bits per heavy atom. The van der Waals surface area contributed by atoms with Crippen LogP contribution < -0.4 is 10.2 Å². The van der Waals surface area contributed by atoms with E-state index in [2.05, 4.69) is 21.5 Å². The first kappa shape index (κ1) is 16.3. The largest absolute Gasteiger partial charge is 0.415 e. The number of amides is 1. The normalized spacial score (nSPS) is 13.4. The lowest BCUT2D eigenvalue weighted by atomic mass is 10.1. The zero-order chi connectivity index (χ0) is 16.9. The van der Waals surface area contributed by atoms with Crippen molar-refractivity contribution in [2.45, 2.75) is 26.9 Å². The molecule has 1 amide bonds. The maximum absolute atomic E-state index is 12.2. The molecule has 0 radical (unpaired) electrons. The zero-order valence-corrected chi connectivity index (χ0v) is 14.0. The van der Waals surface area contributed by atoms with Gasteiger partial charge in [0.05, 0.1) is 5.69 Å². The highest BCUT2D eigenvalue weighted by Crippen LogP contribution is 2.31. The van der Waals surface area contributed by atoms with Gasteiger partial charge in [-0.25, -0.2) is 9.80 Å². The molecule has 0 spiro atoms. The van der Waals surface area contributed by atoms with E-state index in [1.165, 1.54) is 5.56 Å². The predicted octanol–water partition coefficient (Wildman–Crippen LogP) is 3.26. The number of carbonyl (C=O) groups is 1. The van der Waals surface area contributed by atoms with Crippen LogP contribution in [0.5, 0.6) is 5.75 Å². The minimum absolute atomic E-state index is 0.297. The summed E-state index contributed by atoms with van der Waals surface area (Å²) in [6.45, 7) is 6.61. The van der Waals surface area contributed by atoms with E-state index in [1.54, 1.807) is 17.3 Å². The molecule has 1 aromatic carbocycles. The second-order valence-corrected chi connectivity index (χ2v) is 5.64. The first-order valence-electron chi connectivity index (χ1n) is 8.20. The van der Waals surface area contributed by atoms with E-state index in [0.29, 0.717) is 25.4 Å². The van der Waals surface area contributed by atoms with Crippen LogP contribution in [0.3, 0.4) is 0 Å². The van der Waals surface area contributed by atoms with Crippen molar-refractivity contribution >= 4 is 11.8 Å². The Morgan fingerprint density at radius 3 is 2.67 bits per heavy atom. The number of nitrogens with zero attached hydrogens (tertiary/aromatic N) is 3. The lowest BCUT2D eigenvalue weighted by Crippen LogP contribution is -2.33. The summed E-state index contributed by atoms with van der Waals surface area (Å²) in [6.07, 6.45) is 3.21. The number of carbonyl (C=O) groups excluding carboxylic acids is 1. The van der Waals surface area contributed by atoms with Crippen molar-refractivity contribution in [1.82, 2.24) is 14.9 Å². The van der Waals surface area contributed by atoms with Crippen LogP contribution in [0, 0.1) is 0 Å². The minimum atomic E-state index is -0.297. The van der Waals surface area contributed by atoms with Gasteiger partial charge in [0.25, 0.3) is 0 Å². The topological polar surface area (TPSA) is 57.7 Å². The molecule has 0 unspecified atom stereocenters. The van der Waals surface area contributed by atoms with Crippen LogP contribution in [0.2, 0.25) is 0 Å². The average Bonchev–Trinajstić information content (AvgIpc) is 3.00. The van der Waals surface area contributed by atoms with Gasteiger partial charge in [-0.05, 0) is 37.6 Å². The fourth-order valence-corrected chi connectivity index (χ4v) is 2.82. The SMILES string of the molecule is CCN(CC)C(=O)Oc1cccc2c1CN(Nc1ccncc1)C2. The summed E-state index contributed by atoms with van der Waals surface area (Å²) in [5.41, 5.74) is 6.56. The van der Waals surface area contributed by atoms with Crippen LogP contribution in [0.15, 0.2) is 42.7 Å². The van der Waals surface area contributed by atoms with Crippen LogP contribution >= 0.6 is 0 Å². The number of rotatable bonds is 5. The van der Waals surface area contributed by atoms with Crippen LogP contribution in [0.4, 0.5) is 10.5 Å². The smallest absolute Gasteiger partial charge is 0.410 e. The van der Waals surface area contributed by atoms with E-state index in [1.807, 2.05) is 38.1 Å². The summed E-state index contributed by atoms with van der Waals surface area (Å²) < 4.78 is 5.62. The second-order valence-electron chi connectivity index (χ2n) is 5.64. The monoisotopic (exact) mass is 326 g/mol. The van der Waals surface area contributed by atoms with Crippen molar-refractivity contribution in [3.05, 3.63) is 53.9 Å². The van der Waals surface area contributed by atoms with E-state index < -0.39 is 0 Å². The molecule has 3 rings (SSSR count). The fraction of sp³-hybridized carbons (Fsp3) is 0.333. The number of pyridine rings is 1. The summed E-state index contributed by atoms with van der Waals surface area (Å²) in [5, 5.41) is 2.09. The van der Waals surface area contributed by atoms with Crippen LogP contribution in [0.25, 0.3) is 0 Å². The summed E-state index contributed by atoms with van der Waals surface area (Å²) >= 11 is 0. The van der Waals surface area contributed by atoms with Crippen LogP contribution in [-0.2, 0) is 13.1 Å². The maximum Gasteiger partial charge on any atom is 0.415 e. The number of hydrogen-bond donors (Lipinski definition) is 1. The van der Waals surface area contributed by atoms with E-state index in [4.69, 9.17) is 4.74 Å². The number of nitrogens with one attached hydrogen (secondary N) is 1. The third-order valence-corrected chi connectivity index (χ3v) is 4.13. The molecule has 0 fully saturated rings. The molecule has 0 atom stereocenters. The van der Waals surface area contributed by atoms with Gasteiger partial charge in [0.2, 0.25) is 0 Å². The average molecular weight is 326 g/mol. The highest BCUT2D eigenvalue weighted by atomic mass is 16.6. The molecule has 126 valence electrons. The molecular formula is C18H22N4O2. The Morgan fingerprint density at radius 2 is 1.96 bits per heavy atom. The zero-order valence-electron chi connectivity index (χ0n) is 14.0. The van der Waals surface area contributed by atoms with Crippen molar-refractivity contribution in [2.24, 2.45) is 0 Å². The third-order valence-electron chi connectivity index (χ3n) is 4.13. The number of ether oxygens (including phenoxy) is 1. The van der Waals surface area contributed by atoms with Gasteiger partial charge < -0.3 is 15.1 Å². The standard InChI is InChI=1S/C18H22N4O2/c1-3-21(4-2)18(23)24-17-7-5-6-14-12-22(13-16(14)17)20-15-8-10-19-11-9-15/h5-11H,3-4,12-13H2,1-2H3,(H,19,20). The molecule has 6 nitrogen and oxygen atoms in total. The Balaban J connectivity index is 1.72. The van der Waals surface area contributed by atoms with Gasteiger partial charge >= 0.3 is 6.09 Å². The molecule has 1 N–H and O–H groups in total. The number of fused-ring (bicyclic) bond motifs is 1. The highest BCUT2D eigenvalue weighted by Gasteiger charge is 2.24. The van der Waals surface area contributed by atoms with E-state index in [9.17, 15) is 4.79 Å². The van der Waals surface area contributed by atoms with Gasteiger partial charge in [0.1, 0.15) is 5.75 Å². The molecule has 0 saturated carbocycles. The first-order valence-corrected chi connectivity index (χ1v) is 8.20. The van der Waals surface area contributed by atoms with Crippen molar-refractivity contribution in [2.75, 3.05) is 18.5 Å². The van der Waals surface area contributed by atoms with Gasteiger partial charge in [-0.2, -0.15) is 0 Å². The van der Waals surface area contributed by atoms with Gasteiger partial charge in [0, 0.05) is 44.1 Å². The lowest BCUT2D eigenvalue weighted by Gasteiger charge is -2.19. The Bertz CT molecular complexity index is 701. The van der Waals surface area contributed by atoms with Gasteiger partial charge in [-0.15, -0.1) is 0 Å². The number of benzene rings is 1.